The molecule has 5 heteroatoms. The molecule has 1 aliphatic rings. The molecule has 1 N–H and O–H groups in total. The Hall–Kier alpha value is -1.07. The van der Waals surface area contributed by atoms with Gasteiger partial charge in [0.15, 0.2) is 0 Å². The number of pyridine rings is 1. The summed E-state index contributed by atoms with van der Waals surface area (Å²) in [6, 6.07) is 3.45. The van der Waals surface area contributed by atoms with E-state index in [1.54, 1.807) is 23.2 Å². The van der Waals surface area contributed by atoms with Gasteiger partial charge in [-0.2, -0.15) is 12.6 Å². The first kappa shape index (κ1) is 10.4. The zero-order chi connectivity index (χ0) is 10.8. The van der Waals surface area contributed by atoms with Gasteiger partial charge in [-0.05, 0) is 17.7 Å². The Bertz CT molecular complexity index is 383. The summed E-state index contributed by atoms with van der Waals surface area (Å²) in [6.45, 7) is 0.547. The quantitative estimate of drug-likeness (QED) is 0.724. The number of aliphatic hydroxyl groups excluding tert-OH is 1. The Morgan fingerprint density at radius 3 is 3.07 bits per heavy atom. The van der Waals surface area contributed by atoms with Crippen molar-refractivity contribution in [1.29, 1.82) is 0 Å². The summed E-state index contributed by atoms with van der Waals surface area (Å²) in [5.74, 6) is 0.640. The minimum absolute atomic E-state index is 0.0394. The number of anilines is 1. The molecular formula is C10H12N2O2S. The first-order chi connectivity index (χ1) is 7.20. The SMILES string of the molecule is O=C1CC(S)CN1c1cc(CO)ccn1. The van der Waals surface area contributed by atoms with Crippen molar-refractivity contribution in [2.45, 2.75) is 18.3 Å². The van der Waals surface area contributed by atoms with Crippen molar-refractivity contribution in [1.82, 2.24) is 4.98 Å². The van der Waals surface area contributed by atoms with E-state index < -0.39 is 0 Å². The molecule has 1 fully saturated rings. The Kier molecular flexibility index (Phi) is 2.93. The fourth-order valence-corrected chi connectivity index (χ4v) is 1.94. The summed E-state index contributed by atoms with van der Waals surface area (Å²) in [7, 11) is 0. The first-order valence-electron chi connectivity index (χ1n) is 4.75. The lowest BCUT2D eigenvalue weighted by Crippen LogP contribution is -2.25. The Morgan fingerprint density at radius 2 is 2.47 bits per heavy atom. The minimum atomic E-state index is -0.0398. The molecule has 2 rings (SSSR count). The van der Waals surface area contributed by atoms with Crippen molar-refractivity contribution in [2.24, 2.45) is 0 Å². The van der Waals surface area contributed by atoms with Gasteiger partial charge in [-0.15, -0.1) is 0 Å². The molecule has 1 atom stereocenters. The smallest absolute Gasteiger partial charge is 0.229 e. The predicted molar refractivity (Wildman–Crippen MR) is 59.9 cm³/mol. The van der Waals surface area contributed by atoms with Crippen LogP contribution in [0.3, 0.4) is 0 Å². The van der Waals surface area contributed by atoms with Crippen LogP contribution in [0.5, 0.6) is 0 Å². The van der Waals surface area contributed by atoms with E-state index in [0.29, 0.717) is 18.8 Å². The van der Waals surface area contributed by atoms with Gasteiger partial charge in [0.2, 0.25) is 5.91 Å². The van der Waals surface area contributed by atoms with Gasteiger partial charge in [0.05, 0.1) is 6.61 Å². The number of amides is 1. The van der Waals surface area contributed by atoms with E-state index in [1.165, 1.54) is 0 Å². The fraction of sp³-hybridized carbons (Fsp3) is 0.400. The van der Waals surface area contributed by atoms with Gasteiger partial charge in [-0.1, -0.05) is 0 Å². The largest absolute Gasteiger partial charge is 0.392 e. The van der Waals surface area contributed by atoms with Crippen LogP contribution in [0.4, 0.5) is 5.82 Å². The molecule has 2 heterocycles. The van der Waals surface area contributed by atoms with Crippen molar-refractivity contribution in [3.05, 3.63) is 23.9 Å². The highest BCUT2D eigenvalue weighted by Crippen LogP contribution is 2.22. The summed E-state index contributed by atoms with van der Waals surface area (Å²) >= 11 is 4.27. The fourth-order valence-electron chi connectivity index (χ4n) is 1.62. The van der Waals surface area contributed by atoms with Crippen LogP contribution in [0.15, 0.2) is 18.3 Å². The second kappa shape index (κ2) is 4.20. The van der Waals surface area contributed by atoms with E-state index in [0.717, 1.165) is 5.56 Å². The maximum absolute atomic E-state index is 11.6. The molecule has 15 heavy (non-hydrogen) atoms. The average molecular weight is 224 g/mol. The van der Waals surface area contributed by atoms with E-state index in [2.05, 4.69) is 17.6 Å². The van der Waals surface area contributed by atoms with Crippen LogP contribution < -0.4 is 4.90 Å². The molecule has 1 unspecified atom stereocenters. The molecule has 1 saturated heterocycles. The van der Waals surface area contributed by atoms with Crippen molar-refractivity contribution in [3.63, 3.8) is 0 Å². The predicted octanol–water partition coefficient (Wildman–Crippen LogP) is 0.609. The molecule has 1 aliphatic heterocycles. The number of hydrogen-bond donors (Lipinski definition) is 2. The van der Waals surface area contributed by atoms with E-state index in [9.17, 15) is 4.79 Å². The maximum Gasteiger partial charge on any atom is 0.229 e. The van der Waals surface area contributed by atoms with Gasteiger partial charge in [-0.25, -0.2) is 4.98 Å². The third kappa shape index (κ3) is 2.13. The number of nitrogens with zero attached hydrogens (tertiary/aromatic N) is 2. The molecule has 4 nitrogen and oxygen atoms in total. The van der Waals surface area contributed by atoms with E-state index in [4.69, 9.17) is 5.11 Å². The van der Waals surface area contributed by atoms with Gasteiger partial charge in [0, 0.05) is 24.4 Å². The molecule has 1 aromatic heterocycles. The summed E-state index contributed by atoms with van der Waals surface area (Å²) in [4.78, 5) is 17.3. The highest BCUT2D eigenvalue weighted by molar-refractivity contribution is 7.81. The van der Waals surface area contributed by atoms with Crippen LogP contribution >= 0.6 is 12.6 Å². The van der Waals surface area contributed by atoms with Crippen molar-refractivity contribution >= 4 is 24.4 Å². The monoisotopic (exact) mass is 224 g/mol. The van der Waals surface area contributed by atoms with E-state index in [1.807, 2.05) is 0 Å². The molecule has 0 spiro atoms. The molecular weight excluding hydrogens is 212 g/mol. The third-order valence-corrected chi connectivity index (χ3v) is 2.72. The lowest BCUT2D eigenvalue weighted by molar-refractivity contribution is -0.117. The molecule has 0 saturated carbocycles. The lowest BCUT2D eigenvalue weighted by atomic mass is 10.3. The highest BCUT2D eigenvalue weighted by atomic mass is 32.1. The van der Waals surface area contributed by atoms with E-state index in [-0.39, 0.29) is 17.8 Å². The van der Waals surface area contributed by atoms with Crippen LogP contribution in [0.2, 0.25) is 0 Å². The van der Waals surface area contributed by atoms with Crippen molar-refractivity contribution in [3.8, 4) is 0 Å². The summed E-state index contributed by atoms with van der Waals surface area (Å²) in [5, 5.41) is 9.06. The standard InChI is InChI=1S/C10H12N2O2S/c13-6-7-1-2-11-9(3-7)12-5-8(15)4-10(12)14/h1-3,8,13,15H,4-6H2. The number of aliphatic hydroxyl groups is 1. The van der Waals surface area contributed by atoms with Gasteiger partial charge in [0.25, 0.3) is 0 Å². The molecule has 1 amide bonds. The molecule has 1 aromatic rings. The Balaban J connectivity index is 2.25. The topological polar surface area (TPSA) is 53.4 Å². The normalized spacial score (nSPS) is 21.1. The van der Waals surface area contributed by atoms with Crippen LogP contribution in [0, 0.1) is 0 Å². The zero-order valence-corrected chi connectivity index (χ0v) is 9.02. The number of aromatic nitrogens is 1. The summed E-state index contributed by atoms with van der Waals surface area (Å²) < 4.78 is 0. The number of carbonyl (C=O) groups excluding carboxylic acids is 1. The van der Waals surface area contributed by atoms with Gasteiger partial charge < -0.3 is 5.11 Å². The number of hydrogen-bond acceptors (Lipinski definition) is 4. The molecule has 0 aromatic carbocycles. The summed E-state index contributed by atoms with van der Waals surface area (Å²) in [6.07, 6.45) is 2.05. The molecule has 0 radical (unpaired) electrons. The third-order valence-electron chi connectivity index (χ3n) is 2.37. The average Bonchev–Trinajstić information content (AvgIpc) is 2.58. The van der Waals surface area contributed by atoms with Crippen LogP contribution in [-0.2, 0) is 11.4 Å². The molecule has 80 valence electrons. The highest BCUT2D eigenvalue weighted by Gasteiger charge is 2.28. The van der Waals surface area contributed by atoms with Gasteiger partial charge in [0.1, 0.15) is 5.82 Å². The number of thiol groups is 1. The van der Waals surface area contributed by atoms with Gasteiger partial charge >= 0.3 is 0 Å². The van der Waals surface area contributed by atoms with Gasteiger partial charge in [-0.3, -0.25) is 9.69 Å². The zero-order valence-electron chi connectivity index (χ0n) is 8.13. The Morgan fingerprint density at radius 1 is 1.67 bits per heavy atom. The second-order valence-electron chi connectivity index (χ2n) is 3.54. The minimum Gasteiger partial charge on any atom is -0.392 e. The summed E-state index contributed by atoms with van der Waals surface area (Å²) in [5.41, 5.74) is 0.760. The van der Waals surface area contributed by atoms with Crippen molar-refractivity contribution < 1.29 is 9.90 Å². The second-order valence-corrected chi connectivity index (χ2v) is 4.27. The molecule has 0 bridgehead atoms. The van der Waals surface area contributed by atoms with Crippen LogP contribution in [0.25, 0.3) is 0 Å². The van der Waals surface area contributed by atoms with Crippen molar-refractivity contribution in [2.75, 3.05) is 11.4 Å². The molecule has 0 aliphatic carbocycles. The van der Waals surface area contributed by atoms with Crippen LogP contribution in [0.1, 0.15) is 12.0 Å². The lowest BCUT2D eigenvalue weighted by Gasteiger charge is -2.15. The number of carbonyl (C=O) groups is 1. The first-order valence-corrected chi connectivity index (χ1v) is 5.26. The maximum atomic E-state index is 11.6. The van der Waals surface area contributed by atoms with E-state index >= 15 is 0 Å². The van der Waals surface area contributed by atoms with Crippen LogP contribution in [-0.4, -0.2) is 27.8 Å². The number of rotatable bonds is 2. The Labute approximate surface area is 93.3 Å².